The Balaban J connectivity index is 3.06. The molecule has 0 spiro atoms. The van der Waals surface area contributed by atoms with Gasteiger partial charge in [0.2, 0.25) is 0 Å². The smallest absolute Gasteiger partial charge is 0.0655 e. The summed E-state index contributed by atoms with van der Waals surface area (Å²) in [5.74, 6) is 0. The van der Waals surface area contributed by atoms with Crippen LogP contribution in [0.4, 0.5) is 0 Å². The van der Waals surface area contributed by atoms with Gasteiger partial charge in [0.05, 0.1) is 5.70 Å². The molecular formula is C11H12ClN. The molecule has 0 aliphatic carbocycles. The van der Waals surface area contributed by atoms with Crippen LogP contribution in [0.2, 0.25) is 5.02 Å². The molecule has 0 amide bonds. The van der Waals surface area contributed by atoms with Gasteiger partial charge in [-0.05, 0) is 26.0 Å². The van der Waals surface area contributed by atoms with Gasteiger partial charge in [0.25, 0.3) is 0 Å². The lowest BCUT2D eigenvalue weighted by Crippen LogP contribution is -1.80. The number of hydrogen-bond acceptors (Lipinski definition) is 1. The molecule has 1 aromatic carbocycles. The molecule has 1 nitrogen and oxygen atoms in total. The Morgan fingerprint density at radius 3 is 2.69 bits per heavy atom. The Morgan fingerprint density at radius 1 is 1.38 bits per heavy atom. The third-order valence-corrected chi connectivity index (χ3v) is 1.90. The molecule has 0 aliphatic rings. The maximum atomic E-state index is 5.87. The van der Waals surface area contributed by atoms with Crippen molar-refractivity contribution in [2.45, 2.75) is 13.8 Å². The van der Waals surface area contributed by atoms with Gasteiger partial charge in [-0.25, -0.2) is 0 Å². The lowest BCUT2D eigenvalue weighted by Gasteiger charge is -2.00. The number of nitrogens with zero attached hydrogens (tertiary/aromatic N) is 1. The number of allylic oxidation sites excluding steroid dienone is 1. The highest BCUT2D eigenvalue weighted by Gasteiger charge is 1.97. The molecular weight excluding hydrogens is 182 g/mol. The van der Waals surface area contributed by atoms with Gasteiger partial charge < -0.3 is 0 Å². The normalized spacial score (nSPS) is 12.4. The van der Waals surface area contributed by atoms with Crippen molar-refractivity contribution in [2.24, 2.45) is 4.99 Å². The molecule has 13 heavy (non-hydrogen) atoms. The first-order valence-electron chi connectivity index (χ1n) is 4.19. The van der Waals surface area contributed by atoms with E-state index < -0.39 is 0 Å². The summed E-state index contributed by atoms with van der Waals surface area (Å²) in [6.45, 7) is 3.86. The summed E-state index contributed by atoms with van der Waals surface area (Å²) in [5.41, 5.74) is 2.00. The van der Waals surface area contributed by atoms with Crippen molar-refractivity contribution in [3.8, 4) is 0 Å². The van der Waals surface area contributed by atoms with Gasteiger partial charge in [0.1, 0.15) is 0 Å². The first-order chi connectivity index (χ1) is 6.27. The minimum atomic E-state index is 0.739. The lowest BCUT2D eigenvalue weighted by atomic mass is 10.1. The van der Waals surface area contributed by atoms with Gasteiger partial charge >= 0.3 is 0 Å². The summed E-state index contributed by atoms with van der Waals surface area (Å²) < 4.78 is 0. The second-order valence-corrected chi connectivity index (χ2v) is 3.01. The highest BCUT2D eigenvalue weighted by atomic mass is 35.5. The molecule has 0 N–H and O–H groups in total. The molecule has 0 radical (unpaired) electrons. The molecule has 0 atom stereocenters. The molecule has 0 unspecified atom stereocenters. The molecule has 1 rings (SSSR count). The number of hydrogen-bond donors (Lipinski definition) is 0. The van der Waals surface area contributed by atoms with Crippen molar-refractivity contribution in [3.05, 3.63) is 40.9 Å². The topological polar surface area (TPSA) is 12.4 Å². The van der Waals surface area contributed by atoms with Crippen LogP contribution in [-0.2, 0) is 0 Å². The van der Waals surface area contributed by atoms with E-state index in [0.717, 1.165) is 16.3 Å². The van der Waals surface area contributed by atoms with E-state index in [1.165, 1.54) is 0 Å². The standard InChI is InChI=1S/C11H12ClN/c1-3-11(13-4-2)9-6-5-7-10(12)8-9/h3-8H,1-2H3. The fourth-order valence-corrected chi connectivity index (χ4v) is 1.29. The van der Waals surface area contributed by atoms with Crippen molar-refractivity contribution >= 4 is 23.5 Å². The molecule has 0 saturated carbocycles. The van der Waals surface area contributed by atoms with E-state index in [9.17, 15) is 0 Å². The van der Waals surface area contributed by atoms with Crippen LogP contribution in [-0.4, -0.2) is 6.21 Å². The Hall–Kier alpha value is -1.08. The second kappa shape index (κ2) is 4.83. The van der Waals surface area contributed by atoms with E-state index in [4.69, 9.17) is 11.6 Å². The van der Waals surface area contributed by atoms with E-state index in [2.05, 4.69) is 4.99 Å². The van der Waals surface area contributed by atoms with Crippen LogP contribution < -0.4 is 0 Å². The summed E-state index contributed by atoms with van der Waals surface area (Å²) in [6, 6.07) is 7.68. The van der Waals surface area contributed by atoms with Crippen LogP contribution in [0, 0.1) is 0 Å². The molecule has 0 aliphatic heterocycles. The third-order valence-electron chi connectivity index (χ3n) is 1.66. The number of aliphatic imine (C=N–C) groups is 1. The minimum Gasteiger partial charge on any atom is -0.261 e. The van der Waals surface area contributed by atoms with E-state index >= 15 is 0 Å². The predicted molar refractivity (Wildman–Crippen MR) is 59.3 cm³/mol. The van der Waals surface area contributed by atoms with Gasteiger partial charge in [-0.2, -0.15) is 0 Å². The SMILES string of the molecule is CC=NC(=CC)c1cccc(Cl)c1. The van der Waals surface area contributed by atoms with Crippen LogP contribution in [0.5, 0.6) is 0 Å². The molecule has 0 aromatic heterocycles. The van der Waals surface area contributed by atoms with E-state index in [1.807, 2.05) is 44.2 Å². The van der Waals surface area contributed by atoms with Crippen LogP contribution in [0.25, 0.3) is 5.70 Å². The molecule has 0 bridgehead atoms. The Bertz CT molecular complexity index is 340. The monoisotopic (exact) mass is 193 g/mol. The molecule has 68 valence electrons. The van der Waals surface area contributed by atoms with Crippen molar-refractivity contribution in [3.63, 3.8) is 0 Å². The van der Waals surface area contributed by atoms with Crippen molar-refractivity contribution in [1.82, 2.24) is 0 Å². The minimum absolute atomic E-state index is 0.739. The first-order valence-corrected chi connectivity index (χ1v) is 4.56. The van der Waals surface area contributed by atoms with Gasteiger partial charge in [0, 0.05) is 16.8 Å². The van der Waals surface area contributed by atoms with Gasteiger partial charge in [0.15, 0.2) is 0 Å². The maximum absolute atomic E-state index is 5.87. The Morgan fingerprint density at radius 2 is 2.15 bits per heavy atom. The Labute approximate surface area is 83.8 Å². The van der Waals surface area contributed by atoms with Crippen molar-refractivity contribution in [2.75, 3.05) is 0 Å². The molecule has 2 heteroatoms. The van der Waals surface area contributed by atoms with Crippen LogP contribution in [0.3, 0.4) is 0 Å². The highest BCUT2D eigenvalue weighted by molar-refractivity contribution is 6.30. The Kier molecular flexibility index (Phi) is 3.71. The zero-order valence-corrected chi connectivity index (χ0v) is 8.55. The van der Waals surface area contributed by atoms with Crippen LogP contribution in [0.15, 0.2) is 35.3 Å². The maximum Gasteiger partial charge on any atom is 0.0655 e. The van der Waals surface area contributed by atoms with Gasteiger partial charge in [-0.3, -0.25) is 4.99 Å². The third kappa shape index (κ3) is 2.71. The molecule has 0 heterocycles. The van der Waals surface area contributed by atoms with Crippen molar-refractivity contribution in [1.29, 1.82) is 0 Å². The van der Waals surface area contributed by atoms with E-state index in [-0.39, 0.29) is 0 Å². The fourth-order valence-electron chi connectivity index (χ4n) is 1.10. The predicted octanol–water partition coefficient (Wildman–Crippen LogP) is 3.79. The van der Waals surface area contributed by atoms with E-state index in [0.29, 0.717) is 0 Å². The molecule has 0 saturated heterocycles. The quantitative estimate of drug-likeness (QED) is 0.634. The van der Waals surface area contributed by atoms with Crippen molar-refractivity contribution < 1.29 is 0 Å². The highest BCUT2D eigenvalue weighted by Crippen LogP contribution is 2.19. The van der Waals surface area contributed by atoms with E-state index in [1.54, 1.807) is 6.21 Å². The zero-order chi connectivity index (χ0) is 9.68. The summed E-state index contributed by atoms with van der Waals surface area (Å²) in [7, 11) is 0. The second-order valence-electron chi connectivity index (χ2n) is 2.57. The fraction of sp³-hybridized carbons (Fsp3) is 0.182. The van der Waals surface area contributed by atoms with Crippen LogP contribution in [0.1, 0.15) is 19.4 Å². The molecule has 1 aromatic rings. The zero-order valence-electron chi connectivity index (χ0n) is 7.79. The molecule has 0 fully saturated rings. The summed E-state index contributed by atoms with van der Waals surface area (Å²) >= 11 is 5.87. The van der Waals surface area contributed by atoms with Gasteiger partial charge in [-0.1, -0.05) is 29.8 Å². The number of rotatable bonds is 2. The number of benzene rings is 1. The average molecular weight is 194 g/mol. The van der Waals surface area contributed by atoms with Gasteiger partial charge in [-0.15, -0.1) is 0 Å². The summed E-state index contributed by atoms with van der Waals surface area (Å²) in [6.07, 6.45) is 3.74. The number of halogens is 1. The summed E-state index contributed by atoms with van der Waals surface area (Å²) in [4.78, 5) is 4.23. The van der Waals surface area contributed by atoms with Crippen LogP contribution >= 0.6 is 11.6 Å². The first kappa shape index (κ1) is 10.0. The average Bonchev–Trinajstić information content (AvgIpc) is 2.14. The summed E-state index contributed by atoms with van der Waals surface area (Å²) in [5, 5.41) is 0.739. The lowest BCUT2D eigenvalue weighted by molar-refractivity contribution is 1.48. The largest absolute Gasteiger partial charge is 0.261 e.